The van der Waals surface area contributed by atoms with Crippen molar-refractivity contribution in [2.24, 2.45) is 23.3 Å². The molecule has 446 valence electrons. The van der Waals surface area contributed by atoms with Gasteiger partial charge in [-0.15, -0.1) is 0 Å². The summed E-state index contributed by atoms with van der Waals surface area (Å²) >= 11 is 0. The van der Waals surface area contributed by atoms with Gasteiger partial charge in [-0.05, 0) is 155 Å². The Morgan fingerprint density at radius 3 is 0.978 bits per heavy atom. The molecule has 0 unspecified atom stereocenters. The smallest absolute Gasteiger partial charge is 0.263 e. The van der Waals surface area contributed by atoms with Gasteiger partial charge in [-0.1, -0.05) is 69.7 Å². The number of benzene rings is 9. The maximum Gasteiger partial charge on any atom is 0.263 e. The Kier molecular flexibility index (Phi) is 12.1. The van der Waals surface area contributed by atoms with Crippen molar-refractivity contribution in [3.8, 4) is 0 Å². The molecule has 2 aliphatic carbocycles. The molecular formula is C72H56N6O12. The van der Waals surface area contributed by atoms with Crippen LogP contribution in [0.5, 0.6) is 0 Å². The van der Waals surface area contributed by atoms with Crippen LogP contribution in [0.3, 0.4) is 0 Å². The van der Waals surface area contributed by atoms with Crippen molar-refractivity contribution in [3.63, 3.8) is 0 Å². The number of hydrogen-bond acceptors (Lipinski definition) is 12. The number of primary amides is 2. The molecular weight excluding hydrogens is 1140 g/mol. The molecule has 25 aliphatic rings. The Hall–Kier alpha value is -10.4. The van der Waals surface area contributed by atoms with Gasteiger partial charge in [-0.2, -0.15) is 0 Å². The van der Waals surface area contributed by atoms with E-state index in [1.165, 1.54) is 53.4 Å². The zero-order valence-electron chi connectivity index (χ0n) is 48.9. The molecule has 2 fully saturated rings. The normalized spacial score (nSPS) is 21.8. The fourth-order valence-corrected chi connectivity index (χ4v) is 16.9. The van der Waals surface area contributed by atoms with E-state index in [-0.39, 0.29) is 108 Å². The lowest BCUT2D eigenvalue weighted by Crippen LogP contribution is -2.59. The molecule has 9 aromatic rings. The second kappa shape index (κ2) is 19.8. The highest BCUT2D eigenvalue weighted by Gasteiger charge is 2.49. The number of Topliss-reactive ketones (excluding diaryl/α,β-unsaturated/α-hetero) is 2. The summed E-state index contributed by atoms with van der Waals surface area (Å²) in [7, 11) is 0. The van der Waals surface area contributed by atoms with Gasteiger partial charge in [0.05, 0.1) is 0 Å². The second-order valence-corrected chi connectivity index (χ2v) is 25.4. The highest BCUT2D eigenvalue weighted by molar-refractivity contribution is 6.42. The first-order valence-electron chi connectivity index (χ1n) is 31.1. The average Bonchev–Trinajstić information content (AvgIpc) is 0.716. The topological polar surface area (TPSA) is 270 Å². The lowest BCUT2D eigenvalue weighted by molar-refractivity contribution is 0.0209. The van der Waals surface area contributed by atoms with Gasteiger partial charge in [0.25, 0.3) is 47.3 Å². The van der Waals surface area contributed by atoms with Crippen molar-refractivity contribution in [1.82, 2.24) is 19.6 Å². The Bertz CT molecular complexity index is 4840. The fraction of sp³-hybridized carbons (Fsp3) is 0.278. The molecule has 34 rings (SSSR count). The monoisotopic (exact) mass is 1200 g/mol. The van der Waals surface area contributed by atoms with Gasteiger partial charge in [-0.25, -0.2) is 0 Å². The van der Waals surface area contributed by atoms with Crippen LogP contribution in [-0.4, -0.2) is 108 Å². The summed E-state index contributed by atoms with van der Waals surface area (Å²) < 4.78 is 0. The van der Waals surface area contributed by atoms with E-state index in [1.54, 1.807) is 36.4 Å². The van der Waals surface area contributed by atoms with E-state index in [1.807, 2.05) is 19.1 Å². The number of carbonyl (C=O) groups excluding carboxylic acids is 12. The Labute approximate surface area is 512 Å². The standard InChI is InChI=1S/C72H56N6O12/c1-2-3-4-13-54-77-69(87)46-24-16-36-34-14-22-42-59-43(23-15-35(55(34)59)37-17-25-47(70(77)88)60(46)56(36)37)66(84)75(65(42)83)50-11-7-5-9-32(50)30-52(79)38-18-26-44-61-45(28-20-40(57(38)61)63(73)81)68(86)76(67(44)85)51-12-8-6-10-33(51)31-53(80)39-19-27-48-62-49(72(90)78(54)71(48)89)29-21-41(58(39)62)64(74)82/h14-29,32-33,50-51,54H,2-13,30-31H2,1H3,(H2,73,81)(H2,74,82)/t32-,33-,50+,51+,54-/m0/s1. The number of ketones is 2. The van der Waals surface area contributed by atoms with Crippen LogP contribution in [0.4, 0.5) is 0 Å². The van der Waals surface area contributed by atoms with E-state index in [0.29, 0.717) is 107 Å². The number of nitrogens with zero attached hydrogens (tertiary/aromatic N) is 4. The predicted octanol–water partition coefficient (Wildman–Crippen LogP) is 11.2. The summed E-state index contributed by atoms with van der Waals surface area (Å²) in [5.41, 5.74) is 12.7. The lowest BCUT2D eigenvalue weighted by Gasteiger charge is -2.41. The van der Waals surface area contributed by atoms with Gasteiger partial charge >= 0.3 is 0 Å². The summed E-state index contributed by atoms with van der Waals surface area (Å²) in [6.45, 7) is 1.97. The van der Waals surface area contributed by atoms with Crippen LogP contribution < -0.4 is 11.5 Å². The zero-order valence-corrected chi connectivity index (χ0v) is 48.9. The third-order valence-electron chi connectivity index (χ3n) is 20.9. The minimum absolute atomic E-state index is 0.0112. The summed E-state index contributed by atoms with van der Waals surface area (Å²) in [5.74, 6) is -9.72. The second-order valence-electron chi connectivity index (χ2n) is 25.4. The zero-order chi connectivity index (χ0) is 62.2. The van der Waals surface area contributed by atoms with Crippen LogP contribution in [0.2, 0.25) is 0 Å². The molecule has 5 atom stereocenters. The maximum absolute atomic E-state index is 15.5. The first-order chi connectivity index (χ1) is 43.5. The fourth-order valence-electron chi connectivity index (χ4n) is 16.9. The van der Waals surface area contributed by atoms with Gasteiger partial charge in [0.15, 0.2) is 11.6 Å². The van der Waals surface area contributed by atoms with Gasteiger partial charge in [-0.3, -0.25) is 77.1 Å². The van der Waals surface area contributed by atoms with E-state index in [9.17, 15) is 9.59 Å². The number of unbranched alkanes of at least 4 members (excludes halogenated alkanes) is 2. The van der Waals surface area contributed by atoms with Crippen LogP contribution in [0.1, 0.15) is 221 Å². The Morgan fingerprint density at radius 2 is 0.644 bits per heavy atom. The number of rotatable bonds is 6. The van der Waals surface area contributed by atoms with E-state index < -0.39 is 101 Å². The van der Waals surface area contributed by atoms with Gasteiger partial charge in [0.1, 0.15) is 6.17 Å². The Balaban J connectivity index is 0.898. The highest BCUT2D eigenvalue weighted by Crippen LogP contribution is 2.49. The molecule has 4 N–H and O–H groups in total. The Morgan fingerprint density at radius 1 is 0.356 bits per heavy atom. The molecule has 18 heteroatoms. The summed E-state index contributed by atoms with van der Waals surface area (Å²) in [4.78, 5) is 185. The molecule has 9 aromatic carbocycles. The number of hydrogen-bond donors (Lipinski definition) is 2. The third kappa shape index (κ3) is 7.38. The van der Waals surface area contributed by atoms with Crippen molar-refractivity contribution >= 4 is 135 Å². The molecule has 0 aromatic heterocycles. The van der Waals surface area contributed by atoms with Crippen LogP contribution in [0.15, 0.2) is 97.1 Å². The molecule has 0 spiro atoms. The molecule has 23 aliphatic heterocycles. The van der Waals surface area contributed by atoms with Crippen molar-refractivity contribution in [3.05, 3.63) is 164 Å². The van der Waals surface area contributed by atoms with Crippen molar-refractivity contribution in [1.29, 1.82) is 0 Å². The van der Waals surface area contributed by atoms with Crippen LogP contribution in [0.25, 0.3) is 64.6 Å². The summed E-state index contributed by atoms with van der Waals surface area (Å²) in [5, 5.41) is 4.71. The number of imide groups is 4. The minimum Gasteiger partial charge on any atom is -0.366 e. The van der Waals surface area contributed by atoms with Crippen molar-refractivity contribution in [2.45, 2.75) is 115 Å². The number of amides is 10. The van der Waals surface area contributed by atoms with E-state index in [0.717, 1.165) is 21.1 Å². The molecule has 90 heavy (non-hydrogen) atoms. The first-order valence-corrected chi connectivity index (χ1v) is 31.1. The largest absolute Gasteiger partial charge is 0.366 e. The predicted molar refractivity (Wildman–Crippen MR) is 332 cm³/mol. The van der Waals surface area contributed by atoms with Crippen LogP contribution >= 0.6 is 0 Å². The lowest BCUT2D eigenvalue weighted by atomic mass is 9.76. The molecule has 0 saturated heterocycles. The molecule has 0 radical (unpaired) electrons. The highest BCUT2D eigenvalue weighted by atomic mass is 16.2. The molecule has 18 nitrogen and oxygen atoms in total. The molecule has 10 amide bonds. The van der Waals surface area contributed by atoms with Gasteiger partial charge < -0.3 is 11.5 Å². The van der Waals surface area contributed by atoms with Crippen LogP contribution in [-0.2, 0) is 0 Å². The SMILES string of the molecule is CCCCC[C@@H]1N2C(=O)c3ccc(C(N)=O)c4c(ccc(c34)C2=O)C(=O)C[C@@H]2CCCC[C@H]2N2C(=O)c3ccc(C(N)=O)c4c(ccc(c34)C2=O)C(=O)C[C@@H]2CCCC[C@H]2N2C(=O)c3ccc4c5ccc6c7c(ccc(c8ccc(c3c48)C2=O)c75)C(=O)N1C6=O. The number of nitrogens with two attached hydrogens (primary N) is 2. The van der Waals surface area contributed by atoms with E-state index in [2.05, 4.69) is 0 Å². The van der Waals surface area contributed by atoms with Crippen LogP contribution in [0, 0.1) is 11.8 Å². The summed E-state index contributed by atoms with van der Waals surface area (Å²) in [6, 6.07) is 23.4. The molecule has 23 heterocycles. The van der Waals surface area contributed by atoms with Gasteiger partial charge in [0, 0.05) is 124 Å². The quantitative estimate of drug-likeness (QED) is 0.0681. The minimum atomic E-state index is -1.45. The summed E-state index contributed by atoms with van der Waals surface area (Å²) in [6.07, 6.45) is 4.08. The average molecular weight is 1200 g/mol. The third-order valence-corrected chi connectivity index (χ3v) is 20.9. The van der Waals surface area contributed by atoms with Crippen molar-refractivity contribution in [2.75, 3.05) is 0 Å². The molecule has 26 bridgehead atoms. The molecule has 2 saturated carbocycles. The van der Waals surface area contributed by atoms with Crippen molar-refractivity contribution < 1.29 is 57.5 Å². The van der Waals surface area contributed by atoms with Gasteiger partial charge in [0.2, 0.25) is 11.8 Å². The maximum atomic E-state index is 15.5. The number of carbonyl (C=O) groups is 12. The van der Waals surface area contributed by atoms with E-state index >= 15 is 47.9 Å². The first kappa shape index (κ1) is 55.0. The van der Waals surface area contributed by atoms with E-state index in [4.69, 9.17) is 11.5 Å².